The zero-order chi connectivity index (χ0) is 10.8. The number of nitrogens with two attached hydrogens (primary N) is 1. The summed E-state index contributed by atoms with van der Waals surface area (Å²) >= 11 is 0. The number of nitrogen functional groups attached to an aromatic ring is 1. The Morgan fingerprint density at radius 1 is 1.53 bits per heavy atom. The molecule has 0 amide bonds. The van der Waals surface area contributed by atoms with Crippen molar-refractivity contribution in [2.45, 2.75) is 13.3 Å². The van der Waals surface area contributed by atoms with E-state index in [4.69, 9.17) is 10.3 Å². The molecule has 0 aromatic carbocycles. The van der Waals surface area contributed by atoms with E-state index >= 15 is 0 Å². The highest BCUT2D eigenvalue weighted by Crippen LogP contribution is 2.24. The molecule has 5 heteroatoms. The summed E-state index contributed by atoms with van der Waals surface area (Å²) in [6.45, 7) is 1.95. The molecule has 0 aliphatic carbocycles. The summed E-state index contributed by atoms with van der Waals surface area (Å²) in [5.41, 5.74) is 7.48. The number of nitrogens with one attached hydrogen (secondary N) is 1. The van der Waals surface area contributed by atoms with Gasteiger partial charge in [0.05, 0.1) is 5.69 Å². The maximum absolute atomic E-state index is 11.1. The van der Waals surface area contributed by atoms with Crippen LogP contribution in [0.25, 0.3) is 11.4 Å². The van der Waals surface area contributed by atoms with E-state index in [1.807, 2.05) is 6.92 Å². The fourth-order valence-electron chi connectivity index (χ4n) is 1.46. The number of anilines is 1. The first kappa shape index (κ1) is 9.51. The second-order valence-corrected chi connectivity index (χ2v) is 3.16. The van der Waals surface area contributed by atoms with Gasteiger partial charge in [-0.15, -0.1) is 0 Å². The van der Waals surface area contributed by atoms with Gasteiger partial charge in [0.2, 0.25) is 11.4 Å². The first-order valence-electron chi connectivity index (χ1n) is 4.66. The fraction of sp³-hybridized carbons (Fsp3) is 0.200. The number of aromatic nitrogens is 2. The minimum Gasteiger partial charge on any atom is -0.367 e. The Balaban J connectivity index is 2.58. The minimum atomic E-state index is -0.170. The van der Waals surface area contributed by atoms with Crippen molar-refractivity contribution in [1.82, 2.24) is 10.1 Å². The van der Waals surface area contributed by atoms with Crippen LogP contribution < -0.4 is 11.3 Å². The summed E-state index contributed by atoms with van der Waals surface area (Å²) in [6.07, 6.45) is 0.710. The van der Waals surface area contributed by atoms with E-state index in [0.29, 0.717) is 23.7 Å². The number of rotatable bonds is 2. The van der Waals surface area contributed by atoms with Crippen LogP contribution in [-0.2, 0) is 6.42 Å². The van der Waals surface area contributed by atoms with Gasteiger partial charge in [-0.05, 0) is 12.5 Å². The molecule has 5 nitrogen and oxygen atoms in total. The molecule has 78 valence electrons. The Morgan fingerprint density at radius 2 is 2.33 bits per heavy atom. The van der Waals surface area contributed by atoms with Crippen LogP contribution in [0.1, 0.15) is 12.5 Å². The van der Waals surface area contributed by atoms with Crippen molar-refractivity contribution >= 4 is 5.88 Å². The highest BCUT2D eigenvalue weighted by molar-refractivity contribution is 5.63. The number of nitrogens with zero attached hydrogens (tertiary/aromatic N) is 1. The first-order chi connectivity index (χ1) is 7.22. The van der Waals surface area contributed by atoms with Gasteiger partial charge in [-0.1, -0.05) is 18.1 Å². The lowest BCUT2D eigenvalue weighted by molar-refractivity contribution is 0.438. The SMILES string of the molecule is CCc1c(-c2cccc(=O)[nH]2)noc1N. The van der Waals surface area contributed by atoms with Gasteiger partial charge in [-0.25, -0.2) is 0 Å². The molecule has 2 heterocycles. The van der Waals surface area contributed by atoms with Gasteiger partial charge in [0.1, 0.15) is 5.69 Å². The third-order valence-corrected chi connectivity index (χ3v) is 2.20. The van der Waals surface area contributed by atoms with E-state index < -0.39 is 0 Å². The van der Waals surface area contributed by atoms with Crippen LogP contribution in [0, 0.1) is 0 Å². The maximum Gasteiger partial charge on any atom is 0.248 e. The lowest BCUT2D eigenvalue weighted by Gasteiger charge is -1.97. The molecule has 0 spiro atoms. The summed E-state index contributed by atoms with van der Waals surface area (Å²) < 4.78 is 4.89. The molecule has 2 rings (SSSR count). The molecule has 0 bridgehead atoms. The van der Waals surface area contributed by atoms with Crippen LogP contribution in [0.5, 0.6) is 0 Å². The summed E-state index contributed by atoms with van der Waals surface area (Å²) in [5, 5.41) is 3.83. The highest BCUT2D eigenvalue weighted by Gasteiger charge is 2.13. The standard InChI is InChI=1S/C10H11N3O2/c1-2-6-9(13-15-10(6)11)7-4-3-5-8(14)12-7/h3-5H,2,11H2,1H3,(H,12,14). The fourth-order valence-corrected chi connectivity index (χ4v) is 1.46. The molecule has 3 N–H and O–H groups in total. The van der Waals surface area contributed by atoms with Crippen molar-refractivity contribution in [3.8, 4) is 11.4 Å². The van der Waals surface area contributed by atoms with Crippen LogP contribution >= 0.6 is 0 Å². The van der Waals surface area contributed by atoms with Gasteiger partial charge in [-0.3, -0.25) is 4.79 Å². The molecule has 15 heavy (non-hydrogen) atoms. The van der Waals surface area contributed by atoms with Crippen molar-refractivity contribution in [2.24, 2.45) is 0 Å². The first-order valence-corrected chi connectivity index (χ1v) is 4.66. The van der Waals surface area contributed by atoms with Crippen LogP contribution in [0.15, 0.2) is 27.5 Å². The van der Waals surface area contributed by atoms with Gasteiger partial charge >= 0.3 is 0 Å². The average Bonchev–Trinajstić information content (AvgIpc) is 2.59. The van der Waals surface area contributed by atoms with Gasteiger partial charge < -0.3 is 15.2 Å². The lowest BCUT2D eigenvalue weighted by Crippen LogP contribution is -2.04. The quantitative estimate of drug-likeness (QED) is 0.770. The molecule has 0 aliphatic rings. The molecular formula is C10H11N3O2. The molecule has 2 aromatic rings. The van der Waals surface area contributed by atoms with E-state index in [1.165, 1.54) is 6.07 Å². The molecule has 0 radical (unpaired) electrons. The number of pyridine rings is 1. The van der Waals surface area contributed by atoms with Crippen LogP contribution in [0.2, 0.25) is 0 Å². The monoisotopic (exact) mass is 205 g/mol. The number of hydrogen-bond donors (Lipinski definition) is 2. The van der Waals surface area contributed by atoms with Gasteiger partial charge in [-0.2, -0.15) is 0 Å². The summed E-state index contributed by atoms with van der Waals surface area (Å²) in [6, 6.07) is 4.87. The smallest absolute Gasteiger partial charge is 0.248 e. The molecule has 0 fully saturated rings. The zero-order valence-corrected chi connectivity index (χ0v) is 8.28. The predicted octanol–water partition coefficient (Wildman–Crippen LogP) is 1.17. The Hall–Kier alpha value is -2.04. The molecule has 2 aromatic heterocycles. The minimum absolute atomic E-state index is 0.170. The second-order valence-electron chi connectivity index (χ2n) is 3.16. The highest BCUT2D eigenvalue weighted by atomic mass is 16.5. The third kappa shape index (κ3) is 1.63. The van der Waals surface area contributed by atoms with Crippen molar-refractivity contribution in [3.63, 3.8) is 0 Å². The van der Waals surface area contributed by atoms with Gasteiger partial charge in [0, 0.05) is 11.6 Å². The Kier molecular flexibility index (Phi) is 2.29. The number of H-pyrrole nitrogens is 1. The molecule has 0 unspecified atom stereocenters. The average molecular weight is 205 g/mol. The van der Waals surface area contributed by atoms with Crippen molar-refractivity contribution in [3.05, 3.63) is 34.1 Å². The third-order valence-electron chi connectivity index (χ3n) is 2.20. The van der Waals surface area contributed by atoms with Crippen molar-refractivity contribution in [2.75, 3.05) is 5.73 Å². The van der Waals surface area contributed by atoms with Crippen LogP contribution in [-0.4, -0.2) is 10.1 Å². The Bertz CT molecular complexity index is 527. The van der Waals surface area contributed by atoms with E-state index in [2.05, 4.69) is 10.1 Å². The van der Waals surface area contributed by atoms with E-state index in [9.17, 15) is 4.79 Å². The topological polar surface area (TPSA) is 84.9 Å². The van der Waals surface area contributed by atoms with Crippen LogP contribution in [0.4, 0.5) is 5.88 Å². The number of aromatic amines is 1. The molecule has 0 atom stereocenters. The molecule has 0 aliphatic heterocycles. The van der Waals surface area contributed by atoms with Crippen LogP contribution in [0.3, 0.4) is 0 Å². The molecule has 0 saturated heterocycles. The molecule has 0 saturated carbocycles. The van der Waals surface area contributed by atoms with Crippen molar-refractivity contribution < 1.29 is 4.52 Å². The summed E-state index contributed by atoms with van der Waals surface area (Å²) in [5.74, 6) is 0.303. The van der Waals surface area contributed by atoms with E-state index in [1.54, 1.807) is 12.1 Å². The Labute approximate surface area is 85.9 Å². The largest absolute Gasteiger partial charge is 0.367 e. The number of hydrogen-bond acceptors (Lipinski definition) is 4. The molecular weight excluding hydrogens is 194 g/mol. The van der Waals surface area contributed by atoms with E-state index in [0.717, 1.165) is 5.56 Å². The lowest BCUT2D eigenvalue weighted by atomic mass is 10.1. The van der Waals surface area contributed by atoms with Crippen molar-refractivity contribution in [1.29, 1.82) is 0 Å². The summed E-state index contributed by atoms with van der Waals surface area (Å²) in [4.78, 5) is 13.8. The maximum atomic E-state index is 11.1. The predicted molar refractivity (Wildman–Crippen MR) is 56.4 cm³/mol. The second kappa shape index (κ2) is 3.61. The van der Waals surface area contributed by atoms with Gasteiger partial charge in [0.25, 0.3) is 0 Å². The van der Waals surface area contributed by atoms with E-state index in [-0.39, 0.29) is 5.56 Å². The van der Waals surface area contributed by atoms with Gasteiger partial charge in [0.15, 0.2) is 0 Å². The Morgan fingerprint density at radius 3 is 3.00 bits per heavy atom. The summed E-state index contributed by atoms with van der Waals surface area (Å²) in [7, 11) is 0. The normalized spacial score (nSPS) is 10.5. The zero-order valence-electron chi connectivity index (χ0n) is 8.28.